The molecule has 0 bridgehead atoms. The van der Waals surface area contributed by atoms with E-state index in [2.05, 4.69) is 29.5 Å². The average molecular weight is 324 g/mol. The van der Waals surface area contributed by atoms with Gasteiger partial charge in [-0.15, -0.1) is 11.3 Å². The number of carbonyl (C=O) groups is 1. The zero-order valence-electron chi connectivity index (χ0n) is 12.4. The first-order chi connectivity index (χ1) is 9.97. The fourth-order valence-electron chi connectivity index (χ4n) is 1.69. The second-order valence-corrected chi connectivity index (χ2v) is 7.22. The summed E-state index contributed by atoms with van der Waals surface area (Å²) in [6.45, 7) is 7.59. The molecule has 0 unspecified atom stereocenters. The van der Waals surface area contributed by atoms with Crippen molar-refractivity contribution in [2.24, 2.45) is 5.92 Å². The number of nitrogen functional groups attached to an aromatic ring is 1. The second kappa shape index (κ2) is 6.91. The highest BCUT2D eigenvalue weighted by molar-refractivity contribution is 7.18. The first kappa shape index (κ1) is 15.8. The van der Waals surface area contributed by atoms with Crippen LogP contribution in [0.5, 0.6) is 0 Å². The Morgan fingerprint density at radius 1 is 1.48 bits per heavy atom. The SMILES string of the molecule is Cc1ccsc1CNC(=O)c1sc(NCC(C)C)nc1N. The van der Waals surface area contributed by atoms with Crippen LogP contribution < -0.4 is 16.4 Å². The molecular formula is C14H20N4OS2. The Labute approximate surface area is 132 Å². The predicted molar refractivity (Wildman–Crippen MR) is 90.1 cm³/mol. The van der Waals surface area contributed by atoms with E-state index in [1.165, 1.54) is 16.9 Å². The Kier molecular flexibility index (Phi) is 5.19. The van der Waals surface area contributed by atoms with Crippen LogP contribution in [0.4, 0.5) is 10.9 Å². The van der Waals surface area contributed by atoms with Crippen molar-refractivity contribution >= 4 is 39.5 Å². The molecule has 0 aliphatic rings. The van der Waals surface area contributed by atoms with Gasteiger partial charge in [-0.2, -0.15) is 0 Å². The van der Waals surface area contributed by atoms with Crippen LogP contribution in [0.15, 0.2) is 11.4 Å². The number of hydrogen-bond acceptors (Lipinski definition) is 6. The summed E-state index contributed by atoms with van der Waals surface area (Å²) in [5.41, 5.74) is 7.02. The molecule has 2 aromatic rings. The summed E-state index contributed by atoms with van der Waals surface area (Å²) >= 11 is 2.93. The molecule has 4 N–H and O–H groups in total. The molecule has 0 spiro atoms. The van der Waals surface area contributed by atoms with E-state index in [4.69, 9.17) is 5.73 Å². The van der Waals surface area contributed by atoms with E-state index in [0.717, 1.165) is 11.4 Å². The third-order valence-electron chi connectivity index (χ3n) is 2.90. The lowest BCUT2D eigenvalue weighted by molar-refractivity contribution is 0.0956. The lowest BCUT2D eigenvalue weighted by atomic mass is 10.2. The van der Waals surface area contributed by atoms with Gasteiger partial charge in [0.05, 0.1) is 6.54 Å². The van der Waals surface area contributed by atoms with Crippen LogP contribution in [0.1, 0.15) is 34.0 Å². The van der Waals surface area contributed by atoms with Crippen LogP contribution in [0.25, 0.3) is 0 Å². The zero-order chi connectivity index (χ0) is 15.4. The number of nitrogens with zero attached hydrogens (tertiary/aromatic N) is 1. The highest BCUT2D eigenvalue weighted by atomic mass is 32.1. The first-order valence-corrected chi connectivity index (χ1v) is 8.48. The maximum Gasteiger partial charge on any atom is 0.265 e. The monoisotopic (exact) mass is 324 g/mol. The summed E-state index contributed by atoms with van der Waals surface area (Å²) in [4.78, 5) is 18.0. The summed E-state index contributed by atoms with van der Waals surface area (Å²) in [6, 6.07) is 2.04. The van der Waals surface area contributed by atoms with Gasteiger partial charge in [0.2, 0.25) is 0 Å². The third kappa shape index (κ3) is 4.18. The van der Waals surface area contributed by atoms with Crippen molar-refractivity contribution in [1.82, 2.24) is 10.3 Å². The van der Waals surface area contributed by atoms with E-state index in [1.54, 1.807) is 11.3 Å². The van der Waals surface area contributed by atoms with E-state index in [0.29, 0.717) is 22.5 Å². The van der Waals surface area contributed by atoms with E-state index >= 15 is 0 Å². The average Bonchev–Trinajstić information content (AvgIpc) is 3.00. The standard InChI is InChI=1S/C14H20N4OS2/c1-8(2)6-17-14-18-12(15)11(21-14)13(19)16-7-10-9(3)4-5-20-10/h4-5,8H,6-7,15H2,1-3H3,(H,16,19)(H,17,18). The van der Waals surface area contributed by atoms with Crippen LogP contribution in [-0.2, 0) is 6.54 Å². The van der Waals surface area contributed by atoms with Crippen LogP contribution in [0.2, 0.25) is 0 Å². The van der Waals surface area contributed by atoms with E-state index in [9.17, 15) is 4.79 Å². The van der Waals surface area contributed by atoms with Crippen LogP contribution >= 0.6 is 22.7 Å². The van der Waals surface area contributed by atoms with E-state index in [1.807, 2.05) is 18.4 Å². The normalized spacial score (nSPS) is 10.9. The number of rotatable bonds is 6. The molecule has 2 rings (SSSR count). The molecule has 0 aliphatic carbocycles. The fraction of sp³-hybridized carbons (Fsp3) is 0.429. The van der Waals surface area contributed by atoms with Gasteiger partial charge in [0, 0.05) is 11.4 Å². The lowest BCUT2D eigenvalue weighted by Gasteiger charge is -2.04. The summed E-state index contributed by atoms with van der Waals surface area (Å²) in [7, 11) is 0. The Morgan fingerprint density at radius 2 is 2.24 bits per heavy atom. The van der Waals surface area contributed by atoms with Crippen LogP contribution in [0, 0.1) is 12.8 Å². The largest absolute Gasteiger partial charge is 0.382 e. The molecule has 0 atom stereocenters. The molecule has 5 nitrogen and oxygen atoms in total. The second-order valence-electron chi connectivity index (χ2n) is 5.22. The number of aromatic nitrogens is 1. The van der Waals surface area contributed by atoms with Gasteiger partial charge in [-0.25, -0.2) is 4.98 Å². The van der Waals surface area contributed by atoms with Crippen molar-refractivity contribution in [3.8, 4) is 0 Å². The van der Waals surface area contributed by atoms with Crippen molar-refractivity contribution in [3.05, 3.63) is 26.8 Å². The zero-order valence-corrected chi connectivity index (χ0v) is 14.0. The Balaban J connectivity index is 1.97. The number of thiophene rings is 1. The smallest absolute Gasteiger partial charge is 0.265 e. The van der Waals surface area contributed by atoms with Crippen molar-refractivity contribution in [2.45, 2.75) is 27.3 Å². The minimum Gasteiger partial charge on any atom is -0.382 e. The van der Waals surface area contributed by atoms with E-state index < -0.39 is 0 Å². The minimum absolute atomic E-state index is 0.171. The number of hydrogen-bond donors (Lipinski definition) is 3. The molecule has 0 radical (unpaired) electrons. The molecule has 1 amide bonds. The minimum atomic E-state index is -0.171. The topological polar surface area (TPSA) is 80.0 Å². The molecule has 0 saturated carbocycles. The molecule has 0 aliphatic heterocycles. The van der Waals surface area contributed by atoms with Crippen LogP contribution in [0.3, 0.4) is 0 Å². The van der Waals surface area contributed by atoms with Gasteiger partial charge < -0.3 is 16.4 Å². The number of carbonyl (C=O) groups excluding carboxylic acids is 1. The van der Waals surface area contributed by atoms with Crippen molar-refractivity contribution in [2.75, 3.05) is 17.6 Å². The number of aryl methyl sites for hydroxylation is 1. The third-order valence-corrected chi connectivity index (χ3v) is 4.95. The predicted octanol–water partition coefficient (Wildman–Crippen LogP) is 3.09. The maximum atomic E-state index is 12.2. The molecule has 114 valence electrons. The Morgan fingerprint density at radius 3 is 2.86 bits per heavy atom. The number of nitrogens with two attached hydrogens (primary N) is 1. The number of anilines is 2. The number of nitrogens with one attached hydrogen (secondary N) is 2. The molecule has 0 aromatic carbocycles. The summed E-state index contributed by atoms with van der Waals surface area (Å²) in [5, 5.41) is 8.80. The first-order valence-electron chi connectivity index (χ1n) is 6.78. The molecule has 2 heterocycles. The van der Waals surface area contributed by atoms with Crippen molar-refractivity contribution < 1.29 is 4.79 Å². The highest BCUT2D eigenvalue weighted by Crippen LogP contribution is 2.25. The van der Waals surface area contributed by atoms with Gasteiger partial charge in [-0.1, -0.05) is 25.2 Å². The molecule has 0 fully saturated rings. The fourth-order valence-corrected chi connectivity index (χ4v) is 3.34. The van der Waals surface area contributed by atoms with E-state index in [-0.39, 0.29) is 11.7 Å². The van der Waals surface area contributed by atoms with Gasteiger partial charge >= 0.3 is 0 Å². The number of thiazole rings is 1. The quantitative estimate of drug-likeness (QED) is 0.763. The summed E-state index contributed by atoms with van der Waals surface area (Å²) in [6.07, 6.45) is 0. The maximum absolute atomic E-state index is 12.2. The molecule has 7 heteroatoms. The molecule has 2 aromatic heterocycles. The summed E-state index contributed by atoms with van der Waals surface area (Å²) < 4.78 is 0. The molecular weight excluding hydrogens is 304 g/mol. The highest BCUT2D eigenvalue weighted by Gasteiger charge is 2.16. The van der Waals surface area contributed by atoms with Gasteiger partial charge in [-0.05, 0) is 29.9 Å². The molecule has 0 saturated heterocycles. The van der Waals surface area contributed by atoms with Gasteiger partial charge in [0.1, 0.15) is 10.7 Å². The number of amides is 1. The van der Waals surface area contributed by atoms with Crippen molar-refractivity contribution in [1.29, 1.82) is 0 Å². The molecule has 21 heavy (non-hydrogen) atoms. The van der Waals surface area contributed by atoms with Crippen molar-refractivity contribution in [3.63, 3.8) is 0 Å². The van der Waals surface area contributed by atoms with Gasteiger partial charge in [-0.3, -0.25) is 4.79 Å². The van der Waals surface area contributed by atoms with Gasteiger partial charge in [0.15, 0.2) is 5.13 Å². The van der Waals surface area contributed by atoms with Gasteiger partial charge in [0.25, 0.3) is 5.91 Å². The Hall–Kier alpha value is -1.60. The summed E-state index contributed by atoms with van der Waals surface area (Å²) in [5.74, 6) is 0.622. The van der Waals surface area contributed by atoms with Crippen LogP contribution in [-0.4, -0.2) is 17.4 Å². The lowest BCUT2D eigenvalue weighted by Crippen LogP contribution is -2.22. The Bertz CT molecular complexity index is 618.